The van der Waals surface area contributed by atoms with Crippen LogP contribution in [-0.4, -0.2) is 25.8 Å². The Bertz CT molecular complexity index is 357. The van der Waals surface area contributed by atoms with Gasteiger partial charge in [-0.15, -0.1) is 0 Å². The summed E-state index contributed by atoms with van der Waals surface area (Å²) in [5.74, 6) is -1.06. The summed E-state index contributed by atoms with van der Waals surface area (Å²) < 4.78 is 31.7. The van der Waals surface area contributed by atoms with Gasteiger partial charge < -0.3 is 10.1 Å². The molecule has 0 heterocycles. The lowest BCUT2D eigenvalue weighted by molar-refractivity contribution is 0.0495. The molecular weight excluding hydrogens is 224 g/mol. The van der Waals surface area contributed by atoms with Crippen molar-refractivity contribution in [3.05, 3.63) is 35.4 Å². The van der Waals surface area contributed by atoms with Gasteiger partial charge in [0.25, 0.3) is 0 Å². The number of rotatable bonds is 6. The second kappa shape index (κ2) is 6.67. The molecule has 2 unspecified atom stereocenters. The van der Waals surface area contributed by atoms with Crippen molar-refractivity contribution in [3.8, 4) is 0 Å². The zero-order valence-corrected chi connectivity index (χ0v) is 10.5. The molecule has 0 radical (unpaired) electrons. The molecule has 17 heavy (non-hydrogen) atoms. The minimum Gasteiger partial charge on any atom is -0.377 e. The number of ether oxygens (including phenoxy) is 1. The summed E-state index contributed by atoms with van der Waals surface area (Å²) in [5, 5.41) is 3.09. The molecule has 1 aromatic rings. The van der Waals surface area contributed by atoms with Gasteiger partial charge in [0.1, 0.15) is 11.6 Å². The monoisotopic (exact) mass is 243 g/mol. The number of likely N-dealkylation sites (N-methyl/N-ethyl adjacent to an activating group) is 1. The van der Waals surface area contributed by atoms with Crippen LogP contribution in [0.4, 0.5) is 8.78 Å². The first-order valence-electron chi connectivity index (χ1n) is 5.81. The smallest absolute Gasteiger partial charge is 0.129 e. The average Bonchev–Trinajstić information content (AvgIpc) is 2.28. The van der Waals surface area contributed by atoms with E-state index in [1.165, 1.54) is 12.1 Å². The Balaban J connectivity index is 2.73. The van der Waals surface area contributed by atoms with E-state index in [9.17, 15) is 8.78 Å². The average molecular weight is 243 g/mol. The maximum absolute atomic E-state index is 13.5. The minimum absolute atomic E-state index is 0.00918. The van der Waals surface area contributed by atoms with E-state index in [1.54, 1.807) is 0 Å². The highest BCUT2D eigenvalue weighted by atomic mass is 19.1. The molecule has 2 atom stereocenters. The van der Waals surface area contributed by atoms with Crippen LogP contribution in [0.15, 0.2) is 18.2 Å². The van der Waals surface area contributed by atoms with Crippen molar-refractivity contribution in [2.75, 3.05) is 13.7 Å². The Kier molecular flexibility index (Phi) is 5.51. The third kappa shape index (κ3) is 4.06. The van der Waals surface area contributed by atoms with E-state index in [0.29, 0.717) is 18.6 Å². The molecule has 0 aliphatic carbocycles. The first-order valence-corrected chi connectivity index (χ1v) is 5.81. The van der Waals surface area contributed by atoms with E-state index in [-0.39, 0.29) is 12.1 Å². The maximum atomic E-state index is 13.5. The van der Waals surface area contributed by atoms with Crippen molar-refractivity contribution in [2.24, 2.45) is 0 Å². The van der Waals surface area contributed by atoms with Gasteiger partial charge in [0, 0.05) is 18.7 Å². The van der Waals surface area contributed by atoms with Gasteiger partial charge in [0.05, 0.1) is 6.10 Å². The van der Waals surface area contributed by atoms with Crippen molar-refractivity contribution in [3.63, 3.8) is 0 Å². The second-order valence-corrected chi connectivity index (χ2v) is 4.00. The Hall–Kier alpha value is -1.00. The molecule has 0 saturated heterocycles. The Labute approximate surface area is 101 Å². The van der Waals surface area contributed by atoms with Crippen LogP contribution in [0.25, 0.3) is 0 Å². The fraction of sp³-hybridized carbons (Fsp3) is 0.538. The molecular formula is C13H19F2NO. The summed E-state index contributed by atoms with van der Waals surface area (Å²) in [6.07, 6.45) is 0.457. The van der Waals surface area contributed by atoms with E-state index in [4.69, 9.17) is 4.74 Å². The number of hydrogen-bond donors (Lipinski definition) is 1. The predicted octanol–water partition coefficient (Wildman–Crippen LogP) is 2.52. The van der Waals surface area contributed by atoms with Gasteiger partial charge >= 0.3 is 0 Å². The van der Waals surface area contributed by atoms with Crippen LogP contribution in [0.5, 0.6) is 0 Å². The van der Waals surface area contributed by atoms with E-state index < -0.39 is 11.6 Å². The Morgan fingerprint density at radius 1 is 1.35 bits per heavy atom. The molecule has 0 fully saturated rings. The molecule has 0 spiro atoms. The van der Waals surface area contributed by atoms with E-state index in [0.717, 1.165) is 6.07 Å². The molecule has 1 N–H and O–H groups in total. The Morgan fingerprint density at radius 2 is 2.06 bits per heavy atom. The highest BCUT2D eigenvalue weighted by Gasteiger charge is 2.17. The highest BCUT2D eigenvalue weighted by molar-refractivity contribution is 5.19. The molecule has 0 aliphatic heterocycles. The topological polar surface area (TPSA) is 21.3 Å². The highest BCUT2D eigenvalue weighted by Crippen LogP contribution is 2.14. The summed E-state index contributed by atoms with van der Waals surface area (Å²) in [6, 6.07) is 3.67. The van der Waals surface area contributed by atoms with Crippen molar-refractivity contribution in [1.29, 1.82) is 0 Å². The predicted molar refractivity (Wildman–Crippen MR) is 64.0 cm³/mol. The van der Waals surface area contributed by atoms with Gasteiger partial charge in [-0.3, -0.25) is 0 Å². The molecule has 0 saturated carbocycles. The quantitative estimate of drug-likeness (QED) is 0.829. The van der Waals surface area contributed by atoms with Gasteiger partial charge in [-0.05, 0) is 38.9 Å². The van der Waals surface area contributed by atoms with Gasteiger partial charge in [0.2, 0.25) is 0 Å². The number of benzene rings is 1. The largest absolute Gasteiger partial charge is 0.377 e. The van der Waals surface area contributed by atoms with Gasteiger partial charge in [0.15, 0.2) is 0 Å². The number of nitrogens with one attached hydrogen (secondary N) is 1. The van der Waals surface area contributed by atoms with Crippen LogP contribution in [0, 0.1) is 11.6 Å². The molecule has 2 nitrogen and oxygen atoms in total. The van der Waals surface area contributed by atoms with Crippen molar-refractivity contribution >= 4 is 0 Å². The molecule has 0 aromatic heterocycles. The molecule has 0 aliphatic rings. The first kappa shape index (κ1) is 14.1. The summed E-state index contributed by atoms with van der Waals surface area (Å²) >= 11 is 0. The lowest BCUT2D eigenvalue weighted by atomic mass is 10.0. The van der Waals surface area contributed by atoms with E-state index >= 15 is 0 Å². The van der Waals surface area contributed by atoms with Gasteiger partial charge in [-0.1, -0.05) is 6.07 Å². The maximum Gasteiger partial charge on any atom is 0.129 e. The van der Waals surface area contributed by atoms with E-state index in [1.807, 2.05) is 20.9 Å². The van der Waals surface area contributed by atoms with E-state index in [2.05, 4.69) is 5.32 Å². The first-order chi connectivity index (χ1) is 8.08. The summed E-state index contributed by atoms with van der Waals surface area (Å²) in [4.78, 5) is 0. The second-order valence-electron chi connectivity index (χ2n) is 4.00. The third-order valence-corrected chi connectivity index (χ3v) is 2.82. The van der Waals surface area contributed by atoms with Crippen LogP contribution in [0.3, 0.4) is 0 Å². The summed E-state index contributed by atoms with van der Waals surface area (Å²) in [7, 11) is 1.81. The lowest BCUT2D eigenvalue weighted by Crippen LogP contribution is -2.39. The van der Waals surface area contributed by atoms with Crippen LogP contribution in [0.1, 0.15) is 19.4 Å². The molecule has 0 bridgehead atoms. The molecule has 96 valence electrons. The number of hydrogen-bond acceptors (Lipinski definition) is 2. The van der Waals surface area contributed by atoms with Crippen molar-refractivity contribution < 1.29 is 13.5 Å². The van der Waals surface area contributed by atoms with Crippen LogP contribution < -0.4 is 5.32 Å². The fourth-order valence-electron chi connectivity index (χ4n) is 1.81. The molecule has 0 amide bonds. The van der Waals surface area contributed by atoms with Crippen molar-refractivity contribution in [2.45, 2.75) is 32.4 Å². The van der Waals surface area contributed by atoms with Gasteiger partial charge in [-0.25, -0.2) is 8.78 Å². The molecule has 1 rings (SSSR count). The summed E-state index contributed by atoms with van der Waals surface area (Å²) in [5.41, 5.74) is 0.498. The zero-order valence-electron chi connectivity index (χ0n) is 10.5. The lowest BCUT2D eigenvalue weighted by Gasteiger charge is -2.23. The summed E-state index contributed by atoms with van der Waals surface area (Å²) in [6.45, 7) is 4.47. The normalized spacial score (nSPS) is 14.6. The van der Waals surface area contributed by atoms with Crippen LogP contribution >= 0.6 is 0 Å². The molecule has 1 aromatic carbocycles. The molecule has 4 heteroatoms. The third-order valence-electron chi connectivity index (χ3n) is 2.82. The van der Waals surface area contributed by atoms with Crippen molar-refractivity contribution in [1.82, 2.24) is 5.32 Å². The standard InChI is InChI=1S/C13H19F2NO/c1-4-17-9(2)13(16-3)7-10-5-6-11(14)8-12(10)15/h5-6,8-9,13,16H,4,7H2,1-3H3. The van der Waals surface area contributed by atoms with Crippen LogP contribution in [0.2, 0.25) is 0 Å². The van der Waals surface area contributed by atoms with Crippen LogP contribution in [-0.2, 0) is 11.2 Å². The fourth-order valence-corrected chi connectivity index (χ4v) is 1.81. The Morgan fingerprint density at radius 3 is 2.59 bits per heavy atom. The zero-order chi connectivity index (χ0) is 12.8. The SMILES string of the molecule is CCOC(C)C(Cc1ccc(F)cc1F)NC. The van der Waals surface area contributed by atoms with Gasteiger partial charge in [-0.2, -0.15) is 0 Å². The number of halogens is 2. The minimum atomic E-state index is -0.551.